The first-order valence-corrected chi connectivity index (χ1v) is 10.5. The van der Waals surface area contributed by atoms with E-state index in [0.717, 1.165) is 18.5 Å². The lowest BCUT2D eigenvalue weighted by Crippen LogP contribution is -2.29. The molecule has 2 aromatic rings. The maximum absolute atomic E-state index is 12.0. The molecule has 0 saturated heterocycles. The third-order valence-corrected chi connectivity index (χ3v) is 5.29. The standard InChI is InChI=1S/C25H34N2O2/c1-7-27(20(6)29)25-11-9-22(16-24(25)17(2)3)15-23-10-8-21(14-18(23)4)12-13-26-19(5)28/h8-11,14,16-17H,7,12-13,15H2,1-6H3,(H,26,28). The molecule has 0 aliphatic heterocycles. The zero-order valence-corrected chi connectivity index (χ0v) is 18.6. The van der Waals surface area contributed by atoms with Crippen molar-refractivity contribution in [3.8, 4) is 0 Å². The Balaban J connectivity index is 2.22. The first-order chi connectivity index (χ1) is 13.7. The number of carbonyl (C=O) groups is 2. The Hall–Kier alpha value is -2.62. The topological polar surface area (TPSA) is 49.4 Å². The Bertz CT molecular complexity index is 871. The van der Waals surface area contributed by atoms with Gasteiger partial charge in [-0.25, -0.2) is 0 Å². The van der Waals surface area contributed by atoms with Gasteiger partial charge < -0.3 is 10.2 Å². The highest BCUT2D eigenvalue weighted by Crippen LogP contribution is 2.30. The Morgan fingerprint density at radius 2 is 1.72 bits per heavy atom. The smallest absolute Gasteiger partial charge is 0.223 e. The molecule has 0 fully saturated rings. The van der Waals surface area contributed by atoms with Gasteiger partial charge in [-0.1, -0.05) is 44.2 Å². The van der Waals surface area contributed by atoms with Crippen molar-refractivity contribution >= 4 is 17.5 Å². The van der Waals surface area contributed by atoms with E-state index in [1.54, 1.807) is 13.8 Å². The van der Waals surface area contributed by atoms with Gasteiger partial charge >= 0.3 is 0 Å². The van der Waals surface area contributed by atoms with E-state index < -0.39 is 0 Å². The fraction of sp³-hybridized carbons (Fsp3) is 0.440. The van der Waals surface area contributed by atoms with Crippen LogP contribution in [-0.4, -0.2) is 24.9 Å². The summed E-state index contributed by atoms with van der Waals surface area (Å²) in [5, 5.41) is 2.84. The summed E-state index contributed by atoms with van der Waals surface area (Å²) in [6, 6.07) is 13.0. The molecule has 0 atom stereocenters. The molecule has 1 N–H and O–H groups in total. The third kappa shape index (κ3) is 6.18. The van der Waals surface area contributed by atoms with Crippen molar-refractivity contribution in [3.63, 3.8) is 0 Å². The van der Waals surface area contributed by atoms with Gasteiger partial charge in [-0.3, -0.25) is 9.59 Å². The molecule has 0 unspecified atom stereocenters. The third-order valence-electron chi connectivity index (χ3n) is 5.29. The Morgan fingerprint density at radius 3 is 2.28 bits per heavy atom. The molecule has 0 saturated carbocycles. The molecular formula is C25H34N2O2. The number of rotatable bonds is 8. The molecule has 2 aromatic carbocycles. The van der Waals surface area contributed by atoms with Crippen molar-refractivity contribution in [3.05, 3.63) is 64.2 Å². The summed E-state index contributed by atoms with van der Waals surface area (Å²) in [6.45, 7) is 13.0. The molecule has 0 heterocycles. The molecule has 2 amide bonds. The number of nitrogens with one attached hydrogen (secondary N) is 1. The maximum atomic E-state index is 12.0. The monoisotopic (exact) mass is 394 g/mol. The van der Waals surface area contributed by atoms with Gasteiger partial charge in [-0.2, -0.15) is 0 Å². The zero-order chi connectivity index (χ0) is 21.6. The highest BCUT2D eigenvalue weighted by Gasteiger charge is 2.16. The highest BCUT2D eigenvalue weighted by atomic mass is 16.2. The van der Waals surface area contributed by atoms with Crippen molar-refractivity contribution < 1.29 is 9.59 Å². The average molecular weight is 395 g/mol. The Labute approximate surface area is 175 Å². The van der Waals surface area contributed by atoms with Crippen molar-refractivity contribution in [2.45, 2.75) is 60.3 Å². The number of nitrogens with zero attached hydrogens (tertiary/aromatic N) is 1. The van der Waals surface area contributed by atoms with Crippen LogP contribution >= 0.6 is 0 Å². The second-order valence-electron chi connectivity index (χ2n) is 7.98. The largest absolute Gasteiger partial charge is 0.356 e. The van der Waals surface area contributed by atoms with Gasteiger partial charge in [0.05, 0.1) is 0 Å². The molecule has 0 bridgehead atoms. The molecule has 4 nitrogen and oxygen atoms in total. The van der Waals surface area contributed by atoms with E-state index in [2.05, 4.69) is 62.5 Å². The summed E-state index contributed by atoms with van der Waals surface area (Å²) in [6.07, 6.45) is 1.70. The predicted molar refractivity (Wildman–Crippen MR) is 121 cm³/mol. The number of benzene rings is 2. The molecule has 0 spiro atoms. The average Bonchev–Trinajstić information content (AvgIpc) is 2.64. The maximum Gasteiger partial charge on any atom is 0.223 e. The molecule has 0 radical (unpaired) electrons. The molecule has 0 aliphatic carbocycles. The van der Waals surface area contributed by atoms with Gasteiger partial charge in [-0.05, 0) is 66.5 Å². The summed E-state index contributed by atoms with van der Waals surface area (Å²) in [7, 11) is 0. The minimum atomic E-state index is 0.00848. The van der Waals surface area contributed by atoms with Gasteiger partial charge in [-0.15, -0.1) is 0 Å². The van der Waals surface area contributed by atoms with Crippen LogP contribution in [0, 0.1) is 6.92 Å². The quantitative estimate of drug-likeness (QED) is 0.702. The molecule has 2 rings (SSSR count). The number of hydrogen-bond donors (Lipinski definition) is 1. The lowest BCUT2D eigenvalue weighted by Gasteiger charge is -2.25. The van der Waals surface area contributed by atoms with Crippen molar-refractivity contribution in [1.29, 1.82) is 0 Å². The molecule has 29 heavy (non-hydrogen) atoms. The van der Waals surface area contributed by atoms with Crippen LogP contribution < -0.4 is 10.2 Å². The van der Waals surface area contributed by atoms with Crippen LogP contribution in [0.15, 0.2) is 36.4 Å². The van der Waals surface area contributed by atoms with Gasteiger partial charge in [0.1, 0.15) is 0 Å². The van der Waals surface area contributed by atoms with Crippen LogP contribution in [0.2, 0.25) is 0 Å². The molecule has 0 aliphatic rings. The van der Waals surface area contributed by atoms with Crippen molar-refractivity contribution in [2.75, 3.05) is 18.0 Å². The summed E-state index contributed by atoms with van der Waals surface area (Å²) < 4.78 is 0. The molecule has 156 valence electrons. The van der Waals surface area contributed by atoms with Gasteiger partial charge in [0.15, 0.2) is 0 Å². The summed E-state index contributed by atoms with van der Waals surface area (Å²) in [5.74, 6) is 0.428. The van der Waals surface area contributed by atoms with E-state index in [1.165, 1.54) is 27.8 Å². The van der Waals surface area contributed by atoms with Crippen LogP contribution in [0.5, 0.6) is 0 Å². The fourth-order valence-electron chi connectivity index (χ4n) is 3.70. The Morgan fingerprint density at radius 1 is 1.03 bits per heavy atom. The fourth-order valence-corrected chi connectivity index (χ4v) is 3.70. The molecular weight excluding hydrogens is 360 g/mol. The molecule has 4 heteroatoms. The minimum absolute atomic E-state index is 0.00848. The van der Waals surface area contributed by atoms with Crippen LogP contribution in [0.4, 0.5) is 5.69 Å². The van der Waals surface area contributed by atoms with Crippen LogP contribution in [0.1, 0.15) is 68.4 Å². The SMILES string of the molecule is CCN(C(C)=O)c1ccc(Cc2ccc(CCNC(C)=O)cc2C)cc1C(C)C. The van der Waals surface area contributed by atoms with E-state index in [4.69, 9.17) is 0 Å². The van der Waals surface area contributed by atoms with Crippen LogP contribution in [-0.2, 0) is 22.4 Å². The summed E-state index contributed by atoms with van der Waals surface area (Å²) in [5.41, 5.74) is 7.28. The highest BCUT2D eigenvalue weighted by molar-refractivity contribution is 5.92. The summed E-state index contributed by atoms with van der Waals surface area (Å²) >= 11 is 0. The van der Waals surface area contributed by atoms with E-state index in [0.29, 0.717) is 19.0 Å². The Kier molecular flexibility index (Phi) is 8.00. The molecule has 0 aromatic heterocycles. The lowest BCUT2D eigenvalue weighted by atomic mass is 9.93. The van der Waals surface area contributed by atoms with E-state index in [1.807, 2.05) is 11.8 Å². The lowest BCUT2D eigenvalue weighted by molar-refractivity contribution is -0.119. The number of aryl methyl sites for hydroxylation is 1. The normalized spacial score (nSPS) is 10.9. The van der Waals surface area contributed by atoms with Gasteiger partial charge in [0.2, 0.25) is 11.8 Å². The van der Waals surface area contributed by atoms with E-state index in [-0.39, 0.29) is 11.8 Å². The van der Waals surface area contributed by atoms with Crippen molar-refractivity contribution in [2.24, 2.45) is 0 Å². The van der Waals surface area contributed by atoms with Crippen molar-refractivity contribution in [1.82, 2.24) is 5.32 Å². The minimum Gasteiger partial charge on any atom is -0.356 e. The van der Waals surface area contributed by atoms with Crippen LogP contribution in [0.3, 0.4) is 0 Å². The van der Waals surface area contributed by atoms with E-state index >= 15 is 0 Å². The van der Waals surface area contributed by atoms with Crippen LogP contribution in [0.25, 0.3) is 0 Å². The zero-order valence-electron chi connectivity index (χ0n) is 18.6. The van der Waals surface area contributed by atoms with Gasteiger partial charge in [0, 0.05) is 32.6 Å². The number of amides is 2. The predicted octanol–water partition coefficient (Wildman–Crippen LogP) is 4.76. The van der Waals surface area contributed by atoms with E-state index in [9.17, 15) is 9.59 Å². The number of hydrogen-bond acceptors (Lipinski definition) is 2. The number of carbonyl (C=O) groups excluding carboxylic acids is 2. The second-order valence-corrected chi connectivity index (χ2v) is 7.98. The second kappa shape index (κ2) is 10.2. The number of anilines is 1. The van der Waals surface area contributed by atoms with Gasteiger partial charge in [0.25, 0.3) is 0 Å². The first-order valence-electron chi connectivity index (χ1n) is 10.5. The first kappa shape index (κ1) is 22.7. The summed E-state index contributed by atoms with van der Waals surface area (Å²) in [4.78, 5) is 24.9.